The number of hydrogen-bond acceptors (Lipinski definition) is 6. The quantitative estimate of drug-likeness (QED) is 0.643. The number of rotatable bonds is 6. The summed E-state index contributed by atoms with van der Waals surface area (Å²) >= 11 is 0. The molecule has 0 fully saturated rings. The topological polar surface area (TPSA) is 84.7 Å². The largest absolute Gasteiger partial charge is 0.511 e. The molecule has 0 spiro atoms. The number of aliphatic hydroxyl groups is 1. The van der Waals surface area contributed by atoms with Gasteiger partial charge in [0.15, 0.2) is 5.78 Å². The van der Waals surface area contributed by atoms with Crippen LogP contribution in [0.3, 0.4) is 0 Å². The highest BCUT2D eigenvalue weighted by Crippen LogP contribution is 2.34. The fourth-order valence-corrected chi connectivity index (χ4v) is 2.67. The van der Waals surface area contributed by atoms with E-state index in [0.29, 0.717) is 43.0 Å². The molecule has 1 N–H and O–H groups in total. The summed E-state index contributed by atoms with van der Waals surface area (Å²) in [5, 5.41) is 14.4. The molecule has 1 aromatic heterocycles. The highest BCUT2D eigenvalue weighted by atomic mass is 16.6. The fourth-order valence-electron chi connectivity index (χ4n) is 2.67. The summed E-state index contributed by atoms with van der Waals surface area (Å²) in [6, 6.07) is 0. The summed E-state index contributed by atoms with van der Waals surface area (Å²) < 4.78 is 0. The first-order valence-corrected chi connectivity index (χ1v) is 7.99. The molecule has 0 bridgehead atoms. The number of oxime groups is 1. The van der Waals surface area contributed by atoms with E-state index < -0.39 is 0 Å². The average molecular weight is 317 g/mol. The zero-order chi connectivity index (χ0) is 16.8. The van der Waals surface area contributed by atoms with Crippen LogP contribution in [-0.2, 0) is 9.63 Å². The molecule has 6 nitrogen and oxygen atoms in total. The Bertz CT molecular complexity index is 620. The minimum absolute atomic E-state index is 0.0822. The predicted octanol–water partition coefficient (Wildman–Crippen LogP) is 3.24. The summed E-state index contributed by atoms with van der Waals surface area (Å²) in [5.41, 5.74) is 1.73. The molecule has 6 heteroatoms. The van der Waals surface area contributed by atoms with Gasteiger partial charge in [-0.2, -0.15) is 0 Å². The Labute approximate surface area is 136 Å². The Morgan fingerprint density at radius 1 is 1.35 bits per heavy atom. The van der Waals surface area contributed by atoms with Crippen molar-refractivity contribution in [3.05, 3.63) is 35.1 Å². The number of Topliss-reactive ketones (excluding diaryl/α,β-unsaturated/α-hetero) is 1. The molecule has 0 saturated carbocycles. The van der Waals surface area contributed by atoms with Crippen molar-refractivity contribution in [2.75, 3.05) is 6.61 Å². The number of carbonyl (C=O) groups excluding carboxylic acids is 1. The lowest BCUT2D eigenvalue weighted by atomic mass is 9.81. The lowest BCUT2D eigenvalue weighted by Gasteiger charge is -2.23. The predicted molar refractivity (Wildman–Crippen MR) is 87.4 cm³/mol. The molecule has 0 radical (unpaired) electrons. The maximum atomic E-state index is 12.5. The summed E-state index contributed by atoms with van der Waals surface area (Å²) in [5.74, 6) is 0.567. The molecule has 0 aliphatic heterocycles. The second-order valence-corrected chi connectivity index (χ2v) is 5.62. The van der Waals surface area contributed by atoms with E-state index in [1.54, 1.807) is 12.4 Å². The zero-order valence-corrected chi connectivity index (χ0v) is 13.9. The third-order valence-corrected chi connectivity index (χ3v) is 3.79. The van der Waals surface area contributed by atoms with Crippen LogP contribution < -0.4 is 0 Å². The van der Waals surface area contributed by atoms with Gasteiger partial charge in [0.25, 0.3) is 0 Å². The number of nitrogens with zero attached hydrogens (tertiary/aromatic N) is 3. The fraction of sp³-hybridized carbons (Fsp3) is 0.529. The summed E-state index contributed by atoms with van der Waals surface area (Å²) in [4.78, 5) is 26.0. The first-order valence-electron chi connectivity index (χ1n) is 7.99. The number of aromatic nitrogens is 2. The van der Waals surface area contributed by atoms with Crippen LogP contribution in [0.4, 0.5) is 0 Å². The van der Waals surface area contributed by atoms with Crippen molar-refractivity contribution in [1.29, 1.82) is 0 Å². The van der Waals surface area contributed by atoms with Crippen molar-refractivity contribution in [1.82, 2.24) is 9.97 Å². The van der Waals surface area contributed by atoms with Crippen LogP contribution in [0.2, 0.25) is 0 Å². The number of ketones is 1. The highest BCUT2D eigenvalue weighted by Gasteiger charge is 2.31. The van der Waals surface area contributed by atoms with Crippen molar-refractivity contribution < 1.29 is 14.7 Å². The SMILES string of the molecule is CCCC(=NOCC)C1=C(O)CC(c2cnc(C)nc2)CC1=O. The Balaban J connectivity index is 2.27. The zero-order valence-electron chi connectivity index (χ0n) is 13.9. The van der Waals surface area contributed by atoms with Gasteiger partial charge in [-0.25, -0.2) is 9.97 Å². The van der Waals surface area contributed by atoms with Gasteiger partial charge in [0.05, 0.1) is 11.3 Å². The summed E-state index contributed by atoms with van der Waals surface area (Å²) in [6.45, 7) is 6.07. The van der Waals surface area contributed by atoms with Gasteiger partial charge in [-0.1, -0.05) is 18.5 Å². The normalized spacial score (nSPS) is 19.2. The Morgan fingerprint density at radius 3 is 2.61 bits per heavy atom. The van der Waals surface area contributed by atoms with Gasteiger partial charge >= 0.3 is 0 Å². The number of aryl methyl sites for hydroxylation is 1. The molecule has 1 aliphatic rings. The second kappa shape index (κ2) is 7.85. The highest BCUT2D eigenvalue weighted by molar-refractivity contribution is 6.23. The van der Waals surface area contributed by atoms with Crippen molar-refractivity contribution in [2.45, 2.75) is 52.4 Å². The molecule has 1 atom stereocenters. The summed E-state index contributed by atoms with van der Waals surface area (Å²) in [7, 11) is 0. The number of hydrogen-bond donors (Lipinski definition) is 1. The third kappa shape index (κ3) is 4.15. The van der Waals surface area contributed by atoms with Gasteiger partial charge in [0.2, 0.25) is 0 Å². The summed E-state index contributed by atoms with van der Waals surface area (Å²) in [6.07, 6.45) is 5.58. The smallest absolute Gasteiger partial charge is 0.168 e. The van der Waals surface area contributed by atoms with Crippen LogP contribution >= 0.6 is 0 Å². The van der Waals surface area contributed by atoms with E-state index in [1.165, 1.54) is 0 Å². The average Bonchev–Trinajstić information content (AvgIpc) is 2.52. The van der Waals surface area contributed by atoms with Crippen LogP contribution in [0.25, 0.3) is 0 Å². The molecule has 1 heterocycles. The molecule has 0 saturated heterocycles. The van der Waals surface area contributed by atoms with Gasteiger partial charge in [0, 0.05) is 31.2 Å². The number of carbonyl (C=O) groups is 1. The van der Waals surface area contributed by atoms with E-state index in [0.717, 1.165) is 12.0 Å². The van der Waals surface area contributed by atoms with E-state index in [1.807, 2.05) is 20.8 Å². The molecule has 1 unspecified atom stereocenters. The van der Waals surface area contributed by atoms with Gasteiger partial charge in [-0.3, -0.25) is 4.79 Å². The molecule has 124 valence electrons. The Morgan fingerprint density at radius 2 is 2.04 bits per heavy atom. The lowest BCUT2D eigenvalue weighted by molar-refractivity contribution is -0.116. The van der Waals surface area contributed by atoms with E-state index in [-0.39, 0.29) is 17.5 Å². The van der Waals surface area contributed by atoms with Gasteiger partial charge in [-0.15, -0.1) is 0 Å². The molecular weight excluding hydrogens is 294 g/mol. The van der Waals surface area contributed by atoms with Crippen LogP contribution in [0.1, 0.15) is 56.8 Å². The van der Waals surface area contributed by atoms with Gasteiger partial charge < -0.3 is 9.94 Å². The van der Waals surface area contributed by atoms with Gasteiger partial charge in [-0.05, 0) is 25.8 Å². The number of aliphatic hydroxyl groups excluding tert-OH is 1. The van der Waals surface area contributed by atoms with E-state index >= 15 is 0 Å². The van der Waals surface area contributed by atoms with E-state index in [4.69, 9.17) is 4.84 Å². The minimum atomic E-state index is -0.105. The Hall–Kier alpha value is -2.24. The van der Waals surface area contributed by atoms with Crippen LogP contribution in [-0.4, -0.2) is 33.2 Å². The number of allylic oxidation sites excluding steroid dienone is 2. The molecule has 1 aromatic rings. The molecule has 23 heavy (non-hydrogen) atoms. The van der Waals surface area contributed by atoms with E-state index in [2.05, 4.69) is 15.1 Å². The molecule has 0 amide bonds. The minimum Gasteiger partial charge on any atom is -0.511 e. The maximum absolute atomic E-state index is 12.5. The molecule has 0 aromatic carbocycles. The lowest BCUT2D eigenvalue weighted by Crippen LogP contribution is -2.24. The first-order chi connectivity index (χ1) is 11.1. The maximum Gasteiger partial charge on any atom is 0.168 e. The third-order valence-electron chi connectivity index (χ3n) is 3.79. The standard InChI is InChI=1S/C17H23N3O3/c1-4-6-14(20-23-5-2)17-15(21)7-12(8-16(17)22)13-9-18-11(3)19-10-13/h9-10,12,21H,4-8H2,1-3H3. The molecule has 2 rings (SSSR count). The van der Waals surface area contributed by atoms with Crippen molar-refractivity contribution >= 4 is 11.5 Å². The Kier molecular flexibility index (Phi) is 5.84. The first kappa shape index (κ1) is 17.1. The second-order valence-electron chi connectivity index (χ2n) is 5.62. The van der Waals surface area contributed by atoms with Gasteiger partial charge in [0.1, 0.15) is 18.2 Å². The molecular formula is C17H23N3O3. The van der Waals surface area contributed by atoms with Crippen LogP contribution in [0.15, 0.2) is 28.9 Å². The molecule has 1 aliphatic carbocycles. The van der Waals surface area contributed by atoms with Crippen molar-refractivity contribution in [3.8, 4) is 0 Å². The monoisotopic (exact) mass is 317 g/mol. The van der Waals surface area contributed by atoms with Crippen molar-refractivity contribution in [2.24, 2.45) is 5.16 Å². The van der Waals surface area contributed by atoms with Crippen molar-refractivity contribution in [3.63, 3.8) is 0 Å². The van der Waals surface area contributed by atoms with Crippen LogP contribution in [0.5, 0.6) is 0 Å². The van der Waals surface area contributed by atoms with Crippen LogP contribution in [0, 0.1) is 6.92 Å². The van der Waals surface area contributed by atoms with E-state index in [9.17, 15) is 9.90 Å².